The van der Waals surface area contributed by atoms with Gasteiger partial charge in [-0.2, -0.15) is 13.2 Å². The van der Waals surface area contributed by atoms with Crippen LogP contribution in [0.25, 0.3) is 0 Å². The molecule has 18 heavy (non-hydrogen) atoms. The minimum Gasteiger partial charge on any atom is -0.357 e. The third-order valence-corrected chi connectivity index (χ3v) is 1.90. The van der Waals surface area contributed by atoms with Crippen molar-refractivity contribution in [2.75, 3.05) is 39.8 Å². The van der Waals surface area contributed by atoms with E-state index in [-0.39, 0.29) is 13.1 Å². The molecule has 0 fully saturated rings. The van der Waals surface area contributed by atoms with Crippen molar-refractivity contribution in [3.8, 4) is 12.3 Å². The zero-order valence-corrected chi connectivity index (χ0v) is 10.6. The lowest BCUT2D eigenvalue weighted by Gasteiger charge is -2.17. The number of guanidine groups is 1. The molecule has 0 saturated carbocycles. The van der Waals surface area contributed by atoms with Gasteiger partial charge in [-0.3, -0.25) is 9.89 Å². The van der Waals surface area contributed by atoms with Crippen molar-refractivity contribution in [2.45, 2.75) is 13.1 Å². The second-order valence-electron chi connectivity index (χ2n) is 3.67. The Hall–Kier alpha value is -1.42. The van der Waals surface area contributed by atoms with E-state index >= 15 is 0 Å². The molecular formula is C11H19F3N4. The quantitative estimate of drug-likeness (QED) is 0.421. The Balaban J connectivity index is 4.05. The number of alkyl halides is 3. The number of nitrogens with one attached hydrogen (secondary N) is 2. The number of nitrogens with zero attached hydrogens (tertiary/aromatic N) is 2. The smallest absolute Gasteiger partial charge is 0.357 e. The zero-order valence-electron chi connectivity index (χ0n) is 10.6. The highest BCUT2D eigenvalue weighted by molar-refractivity contribution is 5.79. The third kappa shape index (κ3) is 9.78. The van der Waals surface area contributed by atoms with Crippen LogP contribution < -0.4 is 10.6 Å². The maximum absolute atomic E-state index is 12.1. The van der Waals surface area contributed by atoms with Gasteiger partial charge in [0.25, 0.3) is 0 Å². The summed E-state index contributed by atoms with van der Waals surface area (Å²) in [5.41, 5.74) is 0. The van der Waals surface area contributed by atoms with Crippen LogP contribution >= 0.6 is 0 Å². The number of likely N-dealkylation sites (N-methyl/N-ethyl adjacent to an activating group) is 1. The fourth-order valence-electron chi connectivity index (χ4n) is 1.19. The number of hydrogen-bond acceptors (Lipinski definition) is 2. The van der Waals surface area contributed by atoms with E-state index in [9.17, 15) is 13.2 Å². The lowest BCUT2D eigenvalue weighted by molar-refractivity contribution is -0.142. The van der Waals surface area contributed by atoms with Crippen molar-refractivity contribution in [1.29, 1.82) is 0 Å². The summed E-state index contributed by atoms with van der Waals surface area (Å²) >= 11 is 0. The van der Waals surface area contributed by atoms with Crippen LogP contribution in [0.15, 0.2) is 4.99 Å². The Labute approximate surface area is 106 Å². The number of rotatable bonds is 6. The predicted octanol–water partition coefficient (Wildman–Crippen LogP) is 0.669. The standard InChI is InChI=1S/C11H19F3N4/c1-4-6-16-10(15-5-2)17-7-8-18(3)9-11(12,13)14/h1H,5-9H2,2-3H3,(H2,15,16,17). The molecule has 104 valence electrons. The second kappa shape index (κ2) is 8.64. The van der Waals surface area contributed by atoms with Gasteiger partial charge in [-0.25, -0.2) is 0 Å². The van der Waals surface area contributed by atoms with Crippen LogP contribution in [0.1, 0.15) is 6.92 Å². The Kier molecular flexibility index (Phi) is 7.96. The maximum atomic E-state index is 12.1. The van der Waals surface area contributed by atoms with Crippen molar-refractivity contribution in [3.05, 3.63) is 0 Å². The molecule has 0 bridgehead atoms. The van der Waals surface area contributed by atoms with Crippen LogP contribution in [0.5, 0.6) is 0 Å². The van der Waals surface area contributed by atoms with Crippen molar-refractivity contribution < 1.29 is 13.2 Å². The SMILES string of the molecule is C#CCNC(=NCCN(C)CC(F)(F)F)NCC. The fraction of sp³-hybridized carbons (Fsp3) is 0.727. The summed E-state index contributed by atoms with van der Waals surface area (Å²) < 4.78 is 36.2. The molecule has 0 atom stereocenters. The number of halogens is 3. The largest absolute Gasteiger partial charge is 0.401 e. The lowest BCUT2D eigenvalue weighted by Crippen LogP contribution is -2.38. The van der Waals surface area contributed by atoms with Gasteiger partial charge in [0.05, 0.1) is 19.6 Å². The van der Waals surface area contributed by atoms with Crippen LogP contribution in [-0.4, -0.2) is 56.8 Å². The molecule has 0 aromatic heterocycles. The van der Waals surface area contributed by atoms with E-state index in [1.54, 1.807) is 0 Å². The topological polar surface area (TPSA) is 39.7 Å². The van der Waals surface area contributed by atoms with Gasteiger partial charge in [-0.05, 0) is 14.0 Å². The van der Waals surface area contributed by atoms with Crippen LogP contribution in [-0.2, 0) is 0 Å². The Morgan fingerprint density at radius 3 is 2.56 bits per heavy atom. The van der Waals surface area contributed by atoms with Crippen molar-refractivity contribution in [3.63, 3.8) is 0 Å². The molecule has 4 nitrogen and oxygen atoms in total. The number of aliphatic imine (C=N–C) groups is 1. The molecule has 0 aliphatic carbocycles. The van der Waals surface area contributed by atoms with Crippen molar-refractivity contribution >= 4 is 5.96 Å². The Morgan fingerprint density at radius 1 is 1.39 bits per heavy atom. The van der Waals surface area contributed by atoms with Gasteiger partial charge in [0.2, 0.25) is 0 Å². The van der Waals surface area contributed by atoms with E-state index in [0.29, 0.717) is 19.0 Å². The highest BCUT2D eigenvalue weighted by Gasteiger charge is 2.28. The van der Waals surface area contributed by atoms with E-state index < -0.39 is 12.7 Å². The summed E-state index contributed by atoms with van der Waals surface area (Å²) in [5, 5.41) is 5.80. The van der Waals surface area contributed by atoms with Crippen LogP contribution in [0.4, 0.5) is 13.2 Å². The normalized spacial score (nSPS) is 12.4. The molecule has 2 N–H and O–H groups in total. The molecule has 0 unspecified atom stereocenters. The van der Waals surface area contributed by atoms with E-state index in [2.05, 4.69) is 21.5 Å². The van der Waals surface area contributed by atoms with Gasteiger partial charge in [0.15, 0.2) is 5.96 Å². The molecule has 0 saturated heterocycles. The van der Waals surface area contributed by atoms with E-state index in [1.807, 2.05) is 6.92 Å². The first kappa shape index (κ1) is 16.6. The summed E-state index contributed by atoms with van der Waals surface area (Å²) in [4.78, 5) is 5.29. The highest BCUT2D eigenvalue weighted by Crippen LogP contribution is 2.15. The molecule has 7 heteroatoms. The number of terminal acetylenes is 1. The minimum absolute atomic E-state index is 0.228. The van der Waals surface area contributed by atoms with Gasteiger partial charge in [-0.15, -0.1) is 6.42 Å². The van der Waals surface area contributed by atoms with E-state index in [0.717, 1.165) is 0 Å². The van der Waals surface area contributed by atoms with E-state index in [1.165, 1.54) is 11.9 Å². The first-order chi connectivity index (χ1) is 8.39. The average molecular weight is 264 g/mol. The second-order valence-corrected chi connectivity index (χ2v) is 3.67. The molecule has 0 aliphatic rings. The first-order valence-electron chi connectivity index (χ1n) is 5.60. The van der Waals surface area contributed by atoms with Crippen LogP contribution in [0.3, 0.4) is 0 Å². The first-order valence-corrected chi connectivity index (χ1v) is 5.60. The summed E-state index contributed by atoms with van der Waals surface area (Å²) in [6.07, 6.45) is 0.915. The van der Waals surface area contributed by atoms with Crippen LogP contribution in [0, 0.1) is 12.3 Å². The van der Waals surface area contributed by atoms with Gasteiger partial charge >= 0.3 is 6.18 Å². The summed E-state index contributed by atoms with van der Waals surface area (Å²) in [5.74, 6) is 2.91. The summed E-state index contributed by atoms with van der Waals surface area (Å²) in [7, 11) is 1.41. The van der Waals surface area contributed by atoms with Gasteiger partial charge in [-0.1, -0.05) is 5.92 Å². The molecule has 0 aromatic carbocycles. The van der Waals surface area contributed by atoms with Gasteiger partial charge < -0.3 is 10.6 Å². The molecule has 0 aliphatic heterocycles. The van der Waals surface area contributed by atoms with Crippen LogP contribution in [0.2, 0.25) is 0 Å². The van der Waals surface area contributed by atoms with E-state index in [4.69, 9.17) is 6.42 Å². The molecule has 0 spiro atoms. The highest BCUT2D eigenvalue weighted by atomic mass is 19.4. The lowest BCUT2D eigenvalue weighted by atomic mass is 10.5. The average Bonchev–Trinajstić information content (AvgIpc) is 2.23. The molecule has 0 aromatic rings. The Bertz CT molecular complexity index is 294. The third-order valence-electron chi connectivity index (χ3n) is 1.90. The molecule has 0 heterocycles. The summed E-state index contributed by atoms with van der Waals surface area (Å²) in [6.45, 7) is 2.44. The molecule has 0 radical (unpaired) electrons. The van der Waals surface area contributed by atoms with Gasteiger partial charge in [0, 0.05) is 13.1 Å². The molecule has 0 rings (SSSR count). The Morgan fingerprint density at radius 2 is 2.06 bits per heavy atom. The molecule has 0 amide bonds. The predicted molar refractivity (Wildman–Crippen MR) is 66.4 cm³/mol. The fourth-order valence-corrected chi connectivity index (χ4v) is 1.19. The summed E-state index contributed by atoms with van der Waals surface area (Å²) in [6, 6.07) is 0. The van der Waals surface area contributed by atoms with Crippen molar-refractivity contribution in [1.82, 2.24) is 15.5 Å². The maximum Gasteiger partial charge on any atom is 0.401 e. The van der Waals surface area contributed by atoms with Crippen molar-refractivity contribution in [2.24, 2.45) is 4.99 Å². The zero-order chi connectivity index (χ0) is 14.0. The minimum atomic E-state index is -4.18. The number of hydrogen-bond donors (Lipinski definition) is 2. The van der Waals surface area contributed by atoms with Gasteiger partial charge in [0.1, 0.15) is 0 Å². The monoisotopic (exact) mass is 264 g/mol. The molecular weight excluding hydrogens is 245 g/mol.